The van der Waals surface area contributed by atoms with Crippen molar-refractivity contribution in [3.8, 4) is 0 Å². The van der Waals surface area contributed by atoms with Crippen molar-refractivity contribution in [2.45, 2.75) is 89.4 Å². The molecule has 0 radical (unpaired) electrons. The van der Waals surface area contributed by atoms with E-state index in [1.807, 2.05) is 32.6 Å². The van der Waals surface area contributed by atoms with Crippen LogP contribution < -0.4 is 5.32 Å². The van der Waals surface area contributed by atoms with Gasteiger partial charge in [-0.15, -0.1) is 0 Å². The van der Waals surface area contributed by atoms with Gasteiger partial charge in [0.1, 0.15) is 24.6 Å². The Labute approximate surface area is 215 Å². The van der Waals surface area contributed by atoms with Gasteiger partial charge in [-0.2, -0.15) is 0 Å². The van der Waals surface area contributed by atoms with Crippen LogP contribution >= 0.6 is 0 Å². The van der Waals surface area contributed by atoms with Crippen LogP contribution in [-0.2, 0) is 14.9 Å². The van der Waals surface area contributed by atoms with Crippen LogP contribution in [0.5, 0.6) is 0 Å². The molecule has 2 aliphatic heterocycles. The summed E-state index contributed by atoms with van der Waals surface area (Å²) < 4.78 is 13.1. The third-order valence-corrected chi connectivity index (χ3v) is 7.10. The van der Waals surface area contributed by atoms with Gasteiger partial charge in [-0.05, 0) is 19.3 Å². The first-order chi connectivity index (χ1) is 17.7. The number of aliphatic hydroxyl groups excluding tert-OH is 2. The molecule has 5 heterocycles. The summed E-state index contributed by atoms with van der Waals surface area (Å²) in [5, 5.41) is 29.2. The molecule has 3 aromatic heterocycles. The number of likely N-dealkylation sites (tertiary alicyclic amines) is 1. The first-order valence-corrected chi connectivity index (χ1v) is 12.9. The van der Waals surface area contributed by atoms with Crippen molar-refractivity contribution in [1.82, 2.24) is 29.6 Å². The fraction of sp³-hybridized carbons (Fsp3) is 0.640. The minimum absolute atomic E-state index is 0.150. The van der Waals surface area contributed by atoms with Crippen molar-refractivity contribution in [3.05, 3.63) is 30.2 Å². The van der Waals surface area contributed by atoms with Gasteiger partial charge in [0.15, 0.2) is 29.0 Å². The lowest BCUT2D eigenvalue weighted by Crippen LogP contribution is -2.42. The fourth-order valence-corrected chi connectivity index (χ4v) is 4.88. The smallest absolute Gasteiger partial charge is 0.222 e. The molecular weight excluding hydrogens is 478 g/mol. The first kappa shape index (κ1) is 25.6. The van der Waals surface area contributed by atoms with Crippen molar-refractivity contribution in [2.75, 3.05) is 18.4 Å². The van der Waals surface area contributed by atoms with E-state index in [4.69, 9.17) is 9.26 Å². The van der Waals surface area contributed by atoms with Crippen molar-refractivity contribution in [3.63, 3.8) is 0 Å². The third kappa shape index (κ3) is 4.92. The van der Waals surface area contributed by atoms with Gasteiger partial charge in [-0.3, -0.25) is 9.36 Å². The van der Waals surface area contributed by atoms with Crippen LogP contribution in [0, 0.1) is 0 Å². The maximum atomic E-state index is 12.2. The number of piperidine rings is 1. The normalized spacial score (nSPS) is 25.2. The van der Waals surface area contributed by atoms with Crippen LogP contribution in [0.4, 0.5) is 5.82 Å². The van der Waals surface area contributed by atoms with Gasteiger partial charge in [-0.25, -0.2) is 15.0 Å². The summed E-state index contributed by atoms with van der Waals surface area (Å²) in [5.74, 6) is 1.14. The number of hydrogen-bond donors (Lipinski definition) is 3. The molecule has 12 heteroatoms. The summed E-state index contributed by atoms with van der Waals surface area (Å²) >= 11 is 0. The average Bonchev–Trinajstić information content (AvgIpc) is 3.59. The van der Waals surface area contributed by atoms with E-state index in [1.165, 1.54) is 12.7 Å². The molecule has 0 saturated carbocycles. The maximum absolute atomic E-state index is 12.2. The monoisotopic (exact) mass is 513 g/mol. The highest BCUT2D eigenvalue weighted by Crippen LogP contribution is 2.41. The minimum Gasteiger partial charge on any atom is -0.387 e. The van der Waals surface area contributed by atoms with Gasteiger partial charge in [0.2, 0.25) is 5.91 Å². The summed E-state index contributed by atoms with van der Waals surface area (Å²) in [6, 6.07) is 1.90. The Morgan fingerprint density at radius 3 is 2.59 bits per heavy atom. The Morgan fingerprint density at radius 1 is 1.16 bits per heavy atom. The molecule has 2 saturated heterocycles. The lowest BCUT2D eigenvalue weighted by Gasteiger charge is -2.32. The van der Waals surface area contributed by atoms with E-state index >= 15 is 0 Å². The molecule has 3 aromatic rings. The second-order valence-electron chi connectivity index (χ2n) is 10.9. The lowest BCUT2D eigenvalue weighted by molar-refractivity contribution is -0.132. The molecule has 1 amide bonds. The summed E-state index contributed by atoms with van der Waals surface area (Å²) in [5.41, 5.74) is 1.51. The number of imidazole rings is 1. The van der Waals surface area contributed by atoms with E-state index in [2.05, 4.69) is 25.4 Å². The van der Waals surface area contributed by atoms with Gasteiger partial charge < -0.3 is 29.7 Å². The van der Waals surface area contributed by atoms with Gasteiger partial charge >= 0.3 is 0 Å². The van der Waals surface area contributed by atoms with Crippen LogP contribution in [0.3, 0.4) is 0 Å². The Hall–Kier alpha value is -3.09. The van der Waals surface area contributed by atoms with Crippen LogP contribution in [-0.4, -0.2) is 77.0 Å². The Bertz CT molecular complexity index is 1240. The van der Waals surface area contributed by atoms with E-state index in [9.17, 15) is 15.0 Å². The molecule has 2 aliphatic rings. The highest BCUT2D eigenvalue weighted by molar-refractivity contribution is 5.83. The summed E-state index contributed by atoms with van der Waals surface area (Å²) in [7, 11) is 0. The zero-order chi connectivity index (χ0) is 26.3. The molecule has 0 aliphatic carbocycles. The number of fused-ring (bicyclic) bond motifs is 1. The third-order valence-electron chi connectivity index (χ3n) is 7.10. The summed E-state index contributed by atoms with van der Waals surface area (Å²) in [4.78, 5) is 27.4. The number of aromatic nitrogens is 5. The zero-order valence-corrected chi connectivity index (χ0v) is 21.7. The second kappa shape index (κ2) is 9.99. The standard InChI is InChI=1S/C25H35N7O5/c1-5-6-17(33)31-9-7-14(8-10-31)29-22-18-23(27-12-26-22)32(13-28-18)24-20(35)19(34)21(36-24)15-11-16(30-37-15)25(2,3)4/h11-14,19-21,24,34-35H,5-10H2,1-4H3,(H,26,27,29)/t19-,20+,21+,24+/m0/s1. The van der Waals surface area contributed by atoms with E-state index in [0.717, 1.165) is 25.0 Å². The van der Waals surface area contributed by atoms with Crippen molar-refractivity contribution < 1.29 is 24.3 Å². The van der Waals surface area contributed by atoms with Crippen LogP contribution in [0.15, 0.2) is 23.2 Å². The minimum atomic E-state index is -1.23. The number of amides is 1. The second-order valence-corrected chi connectivity index (χ2v) is 10.9. The average molecular weight is 514 g/mol. The topological polar surface area (TPSA) is 152 Å². The number of nitrogens with zero attached hydrogens (tertiary/aromatic N) is 6. The quantitative estimate of drug-likeness (QED) is 0.448. The summed E-state index contributed by atoms with van der Waals surface area (Å²) in [6.07, 6.45) is 1.76. The molecule has 200 valence electrons. The Balaban J connectivity index is 1.32. The largest absolute Gasteiger partial charge is 0.387 e. The van der Waals surface area contributed by atoms with Crippen molar-refractivity contribution in [1.29, 1.82) is 0 Å². The molecule has 4 atom stereocenters. The number of anilines is 1. The molecule has 2 fully saturated rings. The van der Waals surface area contributed by atoms with E-state index in [-0.39, 0.29) is 17.4 Å². The highest BCUT2D eigenvalue weighted by Gasteiger charge is 2.47. The molecule has 37 heavy (non-hydrogen) atoms. The van der Waals surface area contributed by atoms with Gasteiger partial charge in [0, 0.05) is 37.0 Å². The number of rotatable bonds is 6. The van der Waals surface area contributed by atoms with Gasteiger partial charge in [0.05, 0.1) is 12.0 Å². The van der Waals surface area contributed by atoms with Crippen LogP contribution in [0.1, 0.15) is 77.2 Å². The Morgan fingerprint density at radius 2 is 1.92 bits per heavy atom. The predicted octanol–water partition coefficient (Wildman–Crippen LogP) is 2.31. The molecule has 3 N–H and O–H groups in total. The van der Waals surface area contributed by atoms with Crippen LogP contribution in [0.2, 0.25) is 0 Å². The number of nitrogens with one attached hydrogen (secondary N) is 1. The number of carbonyl (C=O) groups is 1. The Kier molecular flexibility index (Phi) is 6.90. The fourth-order valence-electron chi connectivity index (χ4n) is 4.88. The lowest BCUT2D eigenvalue weighted by atomic mass is 9.92. The molecular formula is C25H35N7O5. The van der Waals surface area contributed by atoms with Gasteiger partial charge in [-0.1, -0.05) is 32.9 Å². The SMILES string of the molecule is CCCC(=O)N1CCC(Nc2ncnc3c2ncn3[C@@H]2O[C@H](c3cc(C(C)(C)C)no3)[C@@H](O)[C@H]2O)CC1. The van der Waals surface area contributed by atoms with E-state index in [0.29, 0.717) is 42.3 Å². The summed E-state index contributed by atoms with van der Waals surface area (Å²) in [6.45, 7) is 9.46. The van der Waals surface area contributed by atoms with Crippen LogP contribution in [0.25, 0.3) is 11.2 Å². The highest BCUT2D eigenvalue weighted by atomic mass is 16.6. The number of carbonyl (C=O) groups excluding carboxylic acids is 1. The van der Waals surface area contributed by atoms with E-state index < -0.39 is 24.5 Å². The maximum Gasteiger partial charge on any atom is 0.222 e. The molecule has 0 unspecified atom stereocenters. The molecule has 0 spiro atoms. The first-order valence-electron chi connectivity index (χ1n) is 12.9. The van der Waals surface area contributed by atoms with Crippen molar-refractivity contribution in [2.24, 2.45) is 0 Å². The number of ether oxygens (including phenoxy) is 1. The molecule has 12 nitrogen and oxygen atoms in total. The predicted molar refractivity (Wildman–Crippen MR) is 134 cm³/mol. The molecule has 0 aromatic carbocycles. The number of aliphatic hydroxyl groups is 2. The zero-order valence-electron chi connectivity index (χ0n) is 21.7. The molecule has 0 bridgehead atoms. The van der Waals surface area contributed by atoms with Crippen molar-refractivity contribution >= 4 is 22.9 Å². The molecule has 5 rings (SSSR count). The van der Waals surface area contributed by atoms with E-state index in [1.54, 1.807) is 10.6 Å². The van der Waals surface area contributed by atoms with Gasteiger partial charge in [0.25, 0.3) is 0 Å². The number of hydrogen-bond acceptors (Lipinski definition) is 10.